The quantitative estimate of drug-likeness (QED) is 0.747. The number of carbonyl (C=O) groups excluding carboxylic acids is 2. The number of hydrogen-bond donors (Lipinski definition) is 1. The standard InChI is InChI=1S/C18H24O8/c1-10-15(25-11(2)19)16(26-12(3)20)17(18(21)24-10)23-9-13-5-7-14(22-4)8-6-13/h5-8,10,15-18,21H,9H2,1-4H3/t10-,15+,16+,17-,18+/m0/s1. The molecular formula is C18H24O8. The van der Waals surface area contributed by atoms with Crippen LogP contribution in [-0.4, -0.2) is 54.9 Å². The molecule has 8 nitrogen and oxygen atoms in total. The number of esters is 2. The minimum atomic E-state index is -1.33. The lowest BCUT2D eigenvalue weighted by Gasteiger charge is -2.42. The molecule has 0 bridgehead atoms. The first-order valence-electron chi connectivity index (χ1n) is 8.24. The summed E-state index contributed by atoms with van der Waals surface area (Å²) < 4.78 is 26.7. The zero-order chi connectivity index (χ0) is 19.3. The molecule has 1 saturated heterocycles. The highest BCUT2D eigenvalue weighted by Crippen LogP contribution is 2.28. The van der Waals surface area contributed by atoms with Crippen LogP contribution in [0.5, 0.6) is 5.75 Å². The molecule has 0 unspecified atom stereocenters. The van der Waals surface area contributed by atoms with Crippen LogP contribution in [0.3, 0.4) is 0 Å². The Labute approximate surface area is 151 Å². The van der Waals surface area contributed by atoms with E-state index in [4.69, 9.17) is 23.7 Å². The van der Waals surface area contributed by atoms with Crippen LogP contribution in [0.25, 0.3) is 0 Å². The molecule has 1 aliphatic rings. The topological polar surface area (TPSA) is 101 Å². The minimum absolute atomic E-state index is 0.133. The molecule has 8 heteroatoms. The summed E-state index contributed by atoms with van der Waals surface area (Å²) in [5.41, 5.74) is 0.822. The van der Waals surface area contributed by atoms with Gasteiger partial charge < -0.3 is 28.8 Å². The zero-order valence-electron chi connectivity index (χ0n) is 15.2. The van der Waals surface area contributed by atoms with Gasteiger partial charge >= 0.3 is 11.9 Å². The lowest BCUT2D eigenvalue weighted by atomic mass is 9.99. The Morgan fingerprint density at radius 3 is 2.15 bits per heavy atom. The number of hydrogen-bond acceptors (Lipinski definition) is 8. The van der Waals surface area contributed by atoms with Crippen molar-refractivity contribution < 1.29 is 38.4 Å². The van der Waals surface area contributed by atoms with Crippen molar-refractivity contribution in [1.82, 2.24) is 0 Å². The lowest BCUT2D eigenvalue weighted by molar-refractivity contribution is -0.295. The summed E-state index contributed by atoms with van der Waals surface area (Å²) in [5, 5.41) is 10.2. The van der Waals surface area contributed by atoms with Gasteiger partial charge in [-0.05, 0) is 24.6 Å². The third-order valence-electron chi connectivity index (χ3n) is 3.95. The van der Waals surface area contributed by atoms with E-state index in [9.17, 15) is 14.7 Å². The molecule has 5 atom stereocenters. The second kappa shape index (κ2) is 8.98. The van der Waals surface area contributed by atoms with Gasteiger partial charge in [-0.25, -0.2) is 0 Å². The molecule has 0 amide bonds. The van der Waals surface area contributed by atoms with Gasteiger partial charge in [0.05, 0.1) is 19.8 Å². The van der Waals surface area contributed by atoms with Crippen LogP contribution in [0.1, 0.15) is 26.3 Å². The highest BCUT2D eigenvalue weighted by molar-refractivity contribution is 5.67. The van der Waals surface area contributed by atoms with Crippen LogP contribution in [0.2, 0.25) is 0 Å². The number of rotatable bonds is 6. The van der Waals surface area contributed by atoms with E-state index in [1.54, 1.807) is 26.2 Å². The fourth-order valence-electron chi connectivity index (χ4n) is 2.76. The van der Waals surface area contributed by atoms with Gasteiger partial charge in [0.1, 0.15) is 11.9 Å². The van der Waals surface area contributed by atoms with E-state index >= 15 is 0 Å². The van der Waals surface area contributed by atoms with Crippen molar-refractivity contribution in [2.45, 2.75) is 58.1 Å². The van der Waals surface area contributed by atoms with Crippen molar-refractivity contribution >= 4 is 11.9 Å². The Kier molecular flexibility index (Phi) is 6.96. The molecule has 1 heterocycles. The molecule has 26 heavy (non-hydrogen) atoms. The highest BCUT2D eigenvalue weighted by atomic mass is 16.7. The second-order valence-electron chi connectivity index (χ2n) is 6.00. The van der Waals surface area contributed by atoms with E-state index in [2.05, 4.69) is 0 Å². The fourth-order valence-corrected chi connectivity index (χ4v) is 2.76. The molecule has 0 saturated carbocycles. The van der Waals surface area contributed by atoms with Crippen LogP contribution in [0.4, 0.5) is 0 Å². The average Bonchev–Trinajstić information content (AvgIpc) is 2.57. The van der Waals surface area contributed by atoms with E-state index < -0.39 is 42.6 Å². The van der Waals surface area contributed by atoms with E-state index in [1.807, 2.05) is 12.1 Å². The highest BCUT2D eigenvalue weighted by Gasteiger charge is 2.48. The van der Waals surface area contributed by atoms with Crippen molar-refractivity contribution in [3.63, 3.8) is 0 Å². The van der Waals surface area contributed by atoms with Gasteiger partial charge in [-0.3, -0.25) is 9.59 Å². The van der Waals surface area contributed by atoms with Crippen LogP contribution >= 0.6 is 0 Å². The van der Waals surface area contributed by atoms with E-state index in [0.717, 1.165) is 5.56 Å². The first-order chi connectivity index (χ1) is 12.3. The molecule has 1 aromatic carbocycles. The third-order valence-corrected chi connectivity index (χ3v) is 3.95. The predicted molar refractivity (Wildman–Crippen MR) is 89.2 cm³/mol. The molecule has 1 aliphatic heterocycles. The Bertz CT molecular complexity index is 614. The molecule has 0 aliphatic carbocycles. The first kappa shape index (κ1) is 20.2. The number of ether oxygens (including phenoxy) is 5. The van der Waals surface area contributed by atoms with Gasteiger partial charge in [-0.15, -0.1) is 0 Å². The van der Waals surface area contributed by atoms with Crippen LogP contribution in [0.15, 0.2) is 24.3 Å². The maximum absolute atomic E-state index is 11.5. The van der Waals surface area contributed by atoms with Crippen molar-refractivity contribution in [1.29, 1.82) is 0 Å². The smallest absolute Gasteiger partial charge is 0.303 e. The Morgan fingerprint density at radius 1 is 1.04 bits per heavy atom. The number of aliphatic hydroxyl groups excluding tert-OH is 1. The van der Waals surface area contributed by atoms with Gasteiger partial charge in [0.25, 0.3) is 0 Å². The van der Waals surface area contributed by atoms with E-state index in [-0.39, 0.29) is 6.61 Å². The molecule has 1 N–H and O–H groups in total. The second-order valence-corrected chi connectivity index (χ2v) is 6.00. The summed E-state index contributed by atoms with van der Waals surface area (Å²) in [4.78, 5) is 22.9. The fraction of sp³-hybridized carbons (Fsp3) is 0.556. The molecule has 1 aromatic rings. The Hall–Kier alpha value is -2.16. The van der Waals surface area contributed by atoms with Gasteiger partial charge in [-0.1, -0.05) is 12.1 Å². The normalized spacial score (nSPS) is 28.3. The predicted octanol–water partition coefficient (Wildman–Crippen LogP) is 1.18. The van der Waals surface area contributed by atoms with Gasteiger partial charge in [0.15, 0.2) is 18.5 Å². The molecule has 2 rings (SSSR count). The average molecular weight is 368 g/mol. The maximum atomic E-state index is 11.5. The SMILES string of the molecule is COc1ccc(CO[C@H]2[C@H](OC(C)=O)[C@H](OC(C)=O)[C@H](C)O[C@H]2O)cc1. The lowest BCUT2D eigenvalue weighted by Crippen LogP contribution is -2.60. The number of methoxy groups -OCH3 is 1. The van der Waals surface area contributed by atoms with Gasteiger partial charge in [0, 0.05) is 13.8 Å². The van der Waals surface area contributed by atoms with Crippen molar-refractivity contribution in [3.05, 3.63) is 29.8 Å². The largest absolute Gasteiger partial charge is 0.497 e. The number of carbonyl (C=O) groups is 2. The summed E-state index contributed by atoms with van der Waals surface area (Å²) in [7, 11) is 1.57. The third kappa shape index (κ3) is 5.17. The maximum Gasteiger partial charge on any atom is 0.303 e. The van der Waals surface area contributed by atoms with Crippen molar-refractivity contribution in [2.24, 2.45) is 0 Å². The first-order valence-corrected chi connectivity index (χ1v) is 8.24. The summed E-state index contributed by atoms with van der Waals surface area (Å²) >= 11 is 0. The van der Waals surface area contributed by atoms with Crippen molar-refractivity contribution in [3.8, 4) is 5.75 Å². The summed E-state index contributed by atoms with van der Waals surface area (Å²) in [5.74, 6) is -0.421. The summed E-state index contributed by atoms with van der Waals surface area (Å²) in [6, 6.07) is 7.17. The number of benzene rings is 1. The van der Waals surface area contributed by atoms with Gasteiger partial charge in [0.2, 0.25) is 0 Å². The molecule has 144 valence electrons. The molecule has 0 spiro atoms. The zero-order valence-corrected chi connectivity index (χ0v) is 15.2. The van der Waals surface area contributed by atoms with E-state index in [1.165, 1.54) is 13.8 Å². The summed E-state index contributed by atoms with van der Waals surface area (Å²) in [6.45, 7) is 4.23. The molecular weight excluding hydrogens is 344 g/mol. The van der Waals surface area contributed by atoms with Crippen molar-refractivity contribution in [2.75, 3.05) is 7.11 Å². The molecule has 0 aromatic heterocycles. The number of aliphatic hydroxyl groups is 1. The molecule has 0 radical (unpaired) electrons. The van der Waals surface area contributed by atoms with Crippen LogP contribution < -0.4 is 4.74 Å². The monoisotopic (exact) mass is 368 g/mol. The van der Waals surface area contributed by atoms with Crippen LogP contribution in [0, 0.1) is 0 Å². The summed E-state index contributed by atoms with van der Waals surface area (Å²) in [6.07, 6.45) is -4.89. The van der Waals surface area contributed by atoms with Gasteiger partial charge in [-0.2, -0.15) is 0 Å². The van der Waals surface area contributed by atoms with E-state index in [0.29, 0.717) is 5.75 Å². The van der Waals surface area contributed by atoms with Crippen LogP contribution in [-0.2, 0) is 35.1 Å². The Balaban J connectivity index is 2.14. The minimum Gasteiger partial charge on any atom is -0.497 e. The molecule has 1 fully saturated rings. The Morgan fingerprint density at radius 2 is 1.62 bits per heavy atom.